The largest absolute Gasteiger partial charge is 0.333 e. The van der Waals surface area contributed by atoms with Crippen LogP contribution in [-0.4, -0.2) is 32.5 Å². The zero-order valence-corrected chi connectivity index (χ0v) is 11.7. The maximum absolute atomic E-state index is 11.5. The Morgan fingerprint density at radius 1 is 1.53 bits per heavy atom. The molecule has 0 fully saturated rings. The fourth-order valence-corrected chi connectivity index (χ4v) is 2.73. The summed E-state index contributed by atoms with van der Waals surface area (Å²) >= 11 is 0. The van der Waals surface area contributed by atoms with Gasteiger partial charge in [0.25, 0.3) is 0 Å². The topological polar surface area (TPSA) is 102 Å². The first-order chi connectivity index (χ1) is 8.71. The Hall–Kier alpha value is -1.27. The molecule has 0 saturated carbocycles. The van der Waals surface area contributed by atoms with Crippen molar-refractivity contribution in [1.82, 2.24) is 5.06 Å². The summed E-state index contributed by atoms with van der Waals surface area (Å²) in [5, 5.41) is 9.72. The molecule has 1 aromatic rings. The van der Waals surface area contributed by atoms with E-state index >= 15 is 0 Å². The molecule has 7 nitrogen and oxygen atoms in total. The average molecular weight is 289 g/mol. The number of hydrogen-bond acceptors (Lipinski definition) is 3. The van der Waals surface area contributed by atoms with Crippen molar-refractivity contribution in [3.8, 4) is 0 Å². The van der Waals surface area contributed by atoms with Gasteiger partial charge >= 0.3 is 7.60 Å². The Kier molecular flexibility index (Phi) is 5.20. The van der Waals surface area contributed by atoms with E-state index in [2.05, 4.69) is 0 Å². The molecule has 1 heterocycles. The lowest BCUT2D eigenvalue weighted by Crippen LogP contribution is -2.29. The molecule has 3 N–H and O–H groups in total. The Labute approximate surface area is 111 Å². The van der Waals surface area contributed by atoms with Crippen molar-refractivity contribution in [2.45, 2.75) is 19.0 Å². The van der Waals surface area contributed by atoms with Crippen LogP contribution in [0.25, 0.3) is 0 Å². The number of aromatic nitrogens is 1. The SMILES string of the molecule is CC(=O)N(O)CCC(c1ccc[n+](C)c1)P(=O)(O)O. The van der Waals surface area contributed by atoms with Gasteiger partial charge in [0.05, 0.1) is 5.66 Å². The predicted octanol–water partition coefficient (Wildman–Crippen LogP) is 0.358. The molecule has 0 aromatic carbocycles. The second-order valence-corrected chi connectivity index (χ2v) is 6.14. The Morgan fingerprint density at radius 3 is 2.63 bits per heavy atom. The fraction of sp³-hybridized carbons (Fsp3) is 0.455. The zero-order valence-electron chi connectivity index (χ0n) is 10.8. The van der Waals surface area contributed by atoms with E-state index in [9.17, 15) is 24.4 Å². The minimum absolute atomic E-state index is 0.0234. The van der Waals surface area contributed by atoms with Crippen molar-refractivity contribution >= 4 is 13.5 Å². The third-order valence-electron chi connectivity index (χ3n) is 2.73. The minimum Gasteiger partial charge on any atom is -0.324 e. The van der Waals surface area contributed by atoms with Gasteiger partial charge in [0.2, 0.25) is 5.91 Å². The van der Waals surface area contributed by atoms with Crippen molar-refractivity contribution in [3.05, 3.63) is 30.1 Å². The number of amides is 1. The molecule has 0 spiro atoms. The predicted molar refractivity (Wildman–Crippen MR) is 66.2 cm³/mol. The number of carbonyl (C=O) groups is 1. The third-order valence-corrected chi connectivity index (χ3v) is 4.10. The first kappa shape index (κ1) is 15.8. The van der Waals surface area contributed by atoms with E-state index in [-0.39, 0.29) is 13.0 Å². The molecule has 0 bridgehead atoms. The highest BCUT2D eigenvalue weighted by molar-refractivity contribution is 7.52. The monoisotopic (exact) mass is 289 g/mol. The van der Waals surface area contributed by atoms with E-state index in [0.717, 1.165) is 0 Å². The quantitative estimate of drug-likeness (QED) is 0.314. The summed E-state index contributed by atoms with van der Waals surface area (Å²) in [5.41, 5.74) is -0.579. The summed E-state index contributed by atoms with van der Waals surface area (Å²) in [4.78, 5) is 29.7. The summed E-state index contributed by atoms with van der Waals surface area (Å²) in [6.07, 6.45) is 3.33. The molecule has 0 saturated heterocycles. The lowest BCUT2D eigenvalue weighted by Gasteiger charge is -2.20. The van der Waals surface area contributed by atoms with Crippen LogP contribution in [0, 0.1) is 0 Å². The normalized spacial score (nSPS) is 13.1. The molecule has 1 aromatic heterocycles. The van der Waals surface area contributed by atoms with Crippen molar-refractivity contribution in [3.63, 3.8) is 0 Å². The summed E-state index contributed by atoms with van der Waals surface area (Å²) in [5.74, 6) is -0.567. The van der Waals surface area contributed by atoms with Gasteiger partial charge in [-0.05, 0) is 12.5 Å². The van der Waals surface area contributed by atoms with E-state index in [1.54, 1.807) is 36.1 Å². The fourth-order valence-electron chi connectivity index (χ4n) is 1.74. The first-order valence-electron chi connectivity index (χ1n) is 5.69. The highest BCUT2D eigenvalue weighted by Crippen LogP contribution is 2.53. The molecule has 1 amide bonds. The van der Waals surface area contributed by atoms with Crippen LogP contribution in [0.4, 0.5) is 0 Å². The summed E-state index contributed by atoms with van der Waals surface area (Å²) in [6, 6.07) is 3.29. The van der Waals surface area contributed by atoms with E-state index in [0.29, 0.717) is 10.6 Å². The number of aryl methyl sites for hydroxylation is 1. The van der Waals surface area contributed by atoms with Crippen LogP contribution in [0.3, 0.4) is 0 Å². The number of hydroxylamine groups is 2. The lowest BCUT2D eigenvalue weighted by atomic mass is 10.1. The van der Waals surface area contributed by atoms with Crippen LogP contribution >= 0.6 is 7.60 Å². The molecule has 1 unspecified atom stereocenters. The molecule has 0 radical (unpaired) electrons. The van der Waals surface area contributed by atoms with E-state index in [1.807, 2.05) is 0 Å². The van der Waals surface area contributed by atoms with Crippen LogP contribution in [0.2, 0.25) is 0 Å². The van der Waals surface area contributed by atoms with Crippen LogP contribution in [0.5, 0.6) is 0 Å². The summed E-state index contributed by atoms with van der Waals surface area (Å²) in [6.45, 7) is 1.04. The molecule has 0 aliphatic carbocycles. The number of pyridine rings is 1. The van der Waals surface area contributed by atoms with E-state index in [4.69, 9.17) is 0 Å². The number of hydrogen-bond donors (Lipinski definition) is 3. The highest BCUT2D eigenvalue weighted by Gasteiger charge is 2.32. The Morgan fingerprint density at radius 2 is 2.16 bits per heavy atom. The van der Waals surface area contributed by atoms with Gasteiger partial charge in [0.15, 0.2) is 12.4 Å². The van der Waals surface area contributed by atoms with Gasteiger partial charge in [-0.25, -0.2) is 9.63 Å². The van der Waals surface area contributed by atoms with Gasteiger partial charge in [-0.15, -0.1) is 0 Å². The number of rotatable bonds is 5. The van der Waals surface area contributed by atoms with Gasteiger partial charge in [0, 0.05) is 25.1 Å². The maximum Gasteiger partial charge on any atom is 0.333 e. The van der Waals surface area contributed by atoms with Gasteiger partial charge in [-0.3, -0.25) is 14.6 Å². The van der Waals surface area contributed by atoms with E-state index < -0.39 is 19.2 Å². The van der Waals surface area contributed by atoms with Crippen LogP contribution in [-0.2, 0) is 16.4 Å². The minimum atomic E-state index is -4.37. The molecule has 0 aliphatic rings. The molecule has 19 heavy (non-hydrogen) atoms. The van der Waals surface area contributed by atoms with Crippen molar-refractivity contribution in [2.24, 2.45) is 7.05 Å². The van der Waals surface area contributed by atoms with Crippen LogP contribution in [0.1, 0.15) is 24.6 Å². The second kappa shape index (κ2) is 6.25. The molecule has 0 aliphatic heterocycles. The average Bonchev–Trinajstić information content (AvgIpc) is 2.27. The molecule has 8 heteroatoms. The molecular formula is C11H18N2O5P+. The number of carbonyl (C=O) groups excluding carboxylic acids is 1. The van der Waals surface area contributed by atoms with Gasteiger partial charge in [-0.1, -0.05) is 0 Å². The van der Waals surface area contributed by atoms with Crippen LogP contribution in [0.15, 0.2) is 24.5 Å². The first-order valence-corrected chi connectivity index (χ1v) is 7.37. The zero-order chi connectivity index (χ0) is 14.6. The molecule has 1 atom stereocenters. The standard InChI is InChI=1S/C11H17N2O5P/c1-9(14)13(15)7-5-11(19(16,17)18)10-4-3-6-12(2)8-10/h3-4,6,8,11,15H,5,7H2,1-2H3,(H-,16,17,18)/p+1. The smallest absolute Gasteiger partial charge is 0.324 e. The van der Waals surface area contributed by atoms with E-state index in [1.165, 1.54) is 6.92 Å². The van der Waals surface area contributed by atoms with Gasteiger partial charge in [-0.2, -0.15) is 0 Å². The van der Waals surface area contributed by atoms with Crippen LogP contribution < -0.4 is 4.57 Å². The van der Waals surface area contributed by atoms with Gasteiger partial charge in [0.1, 0.15) is 7.05 Å². The van der Waals surface area contributed by atoms with Crippen molar-refractivity contribution in [2.75, 3.05) is 6.54 Å². The summed E-state index contributed by atoms with van der Waals surface area (Å²) in [7, 11) is -2.62. The molecule has 106 valence electrons. The number of nitrogens with zero attached hydrogens (tertiary/aromatic N) is 2. The Bertz CT molecular complexity index is 502. The lowest BCUT2D eigenvalue weighted by molar-refractivity contribution is -0.671. The molecular weight excluding hydrogens is 271 g/mol. The molecule has 1 rings (SSSR count). The van der Waals surface area contributed by atoms with Gasteiger partial charge < -0.3 is 9.79 Å². The Balaban J connectivity index is 2.91. The highest BCUT2D eigenvalue weighted by atomic mass is 31.2. The van der Waals surface area contributed by atoms with Crippen molar-refractivity contribution < 1.29 is 28.9 Å². The third kappa shape index (κ3) is 4.72. The maximum atomic E-state index is 11.5. The second-order valence-electron chi connectivity index (χ2n) is 4.34. The summed E-state index contributed by atoms with van der Waals surface area (Å²) < 4.78 is 13.2. The van der Waals surface area contributed by atoms with Crippen molar-refractivity contribution in [1.29, 1.82) is 0 Å².